The first-order valence-electron chi connectivity index (χ1n) is 8.68. The summed E-state index contributed by atoms with van der Waals surface area (Å²) in [6.07, 6.45) is 4.35. The van der Waals surface area contributed by atoms with Gasteiger partial charge in [-0.2, -0.15) is 11.3 Å². The zero-order chi connectivity index (χ0) is 17.2. The van der Waals surface area contributed by atoms with E-state index in [0.717, 1.165) is 12.8 Å². The molecule has 0 radical (unpaired) electrons. The number of nitrogens with one attached hydrogen (secondary N) is 3. The molecule has 2 fully saturated rings. The fourth-order valence-corrected chi connectivity index (χ4v) is 4.45. The zero-order valence-electron chi connectivity index (χ0n) is 14.2. The average molecular weight is 392 g/mol. The van der Waals surface area contributed by atoms with Gasteiger partial charge in [0.15, 0.2) is 0 Å². The Morgan fingerprint density at radius 1 is 1.04 bits per heavy atom. The van der Waals surface area contributed by atoms with Gasteiger partial charge >= 0.3 is 0 Å². The predicted octanol–water partition coefficient (Wildman–Crippen LogP) is 3.44. The van der Waals surface area contributed by atoms with E-state index in [2.05, 4.69) is 16.0 Å². The summed E-state index contributed by atoms with van der Waals surface area (Å²) in [7, 11) is 0. The molecule has 2 amide bonds. The highest BCUT2D eigenvalue weighted by molar-refractivity contribution is 7.08. The van der Waals surface area contributed by atoms with Crippen LogP contribution in [-0.2, 0) is 0 Å². The fourth-order valence-electron chi connectivity index (χ4n) is 3.82. The molecule has 2 aromatic rings. The fraction of sp³-hybridized carbons (Fsp3) is 0.368. The van der Waals surface area contributed by atoms with Crippen molar-refractivity contribution in [2.45, 2.75) is 43.8 Å². The van der Waals surface area contributed by atoms with E-state index in [-0.39, 0.29) is 30.3 Å². The van der Waals surface area contributed by atoms with Crippen LogP contribution in [0, 0.1) is 0 Å². The minimum absolute atomic E-state index is 0. The van der Waals surface area contributed by atoms with E-state index >= 15 is 0 Å². The summed E-state index contributed by atoms with van der Waals surface area (Å²) in [6.45, 7) is 0. The molecule has 3 heterocycles. The van der Waals surface area contributed by atoms with Crippen LogP contribution in [0.4, 0.5) is 5.69 Å². The normalized spacial score (nSPS) is 23.8. The molecule has 2 aliphatic heterocycles. The molecular formula is C19H22ClN3O2S. The van der Waals surface area contributed by atoms with Crippen LogP contribution < -0.4 is 16.0 Å². The Morgan fingerprint density at radius 3 is 2.46 bits per heavy atom. The molecule has 2 atom stereocenters. The highest BCUT2D eigenvalue weighted by atomic mass is 35.5. The van der Waals surface area contributed by atoms with E-state index in [0.29, 0.717) is 28.9 Å². The Kier molecular flexibility index (Phi) is 5.96. The third kappa shape index (κ3) is 4.09. The number of carbonyl (C=O) groups excluding carboxylic acids is 2. The Morgan fingerprint density at radius 2 is 1.77 bits per heavy atom. The first-order chi connectivity index (χ1) is 12.2. The molecule has 3 N–H and O–H groups in total. The number of hydrogen-bond acceptors (Lipinski definition) is 4. The molecule has 0 saturated carbocycles. The van der Waals surface area contributed by atoms with E-state index in [1.807, 2.05) is 17.5 Å². The zero-order valence-corrected chi connectivity index (χ0v) is 15.9. The first kappa shape index (κ1) is 18.9. The van der Waals surface area contributed by atoms with Crippen molar-refractivity contribution in [1.29, 1.82) is 0 Å². The van der Waals surface area contributed by atoms with Crippen molar-refractivity contribution in [3.63, 3.8) is 0 Å². The molecule has 1 aromatic carbocycles. The van der Waals surface area contributed by atoms with Gasteiger partial charge in [-0.1, -0.05) is 12.1 Å². The van der Waals surface area contributed by atoms with Crippen molar-refractivity contribution in [2.75, 3.05) is 5.32 Å². The van der Waals surface area contributed by atoms with Crippen molar-refractivity contribution < 1.29 is 9.59 Å². The Balaban J connectivity index is 0.00000196. The van der Waals surface area contributed by atoms with Crippen LogP contribution in [0.25, 0.3) is 0 Å². The van der Waals surface area contributed by atoms with Gasteiger partial charge in [0, 0.05) is 23.5 Å². The highest BCUT2D eigenvalue weighted by Crippen LogP contribution is 2.27. The molecule has 26 heavy (non-hydrogen) atoms. The molecular weight excluding hydrogens is 370 g/mol. The molecule has 2 unspecified atom stereocenters. The summed E-state index contributed by atoms with van der Waals surface area (Å²) in [4.78, 5) is 25.0. The minimum Gasteiger partial charge on any atom is -0.349 e. The lowest BCUT2D eigenvalue weighted by atomic mass is 9.99. The van der Waals surface area contributed by atoms with Gasteiger partial charge in [0.2, 0.25) is 0 Å². The Bertz CT molecular complexity index is 769. The van der Waals surface area contributed by atoms with Crippen LogP contribution >= 0.6 is 23.7 Å². The molecule has 5 nitrogen and oxygen atoms in total. The molecule has 2 aliphatic rings. The maximum absolute atomic E-state index is 12.8. The van der Waals surface area contributed by atoms with Gasteiger partial charge < -0.3 is 16.0 Å². The van der Waals surface area contributed by atoms with Crippen molar-refractivity contribution in [3.05, 3.63) is 52.2 Å². The quantitative estimate of drug-likeness (QED) is 0.747. The second kappa shape index (κ2) is 8.20. The van der Waals surface area contributed by atoms with Gasteiger partial charge in [-0.05, 0) is 49.3 Å². The predicted molar refractivity (Wildman–Crippen MR) is 106 cm³/mol. The minimum atomic E-state index is -0.193. The number of amides is 2. The summed E-state index contributed by atoms with van der Waals surface area (Å²) in [5, 5.41) is 13.2. The number of para-hydroxylation sites is 1. The molecule has 2 saturated heterocycles. The number of fused-ring (bicyclic) bond motifs is 2. The molecule has 2 bridgehead atoms. The van der Waals surface area contributed by atoms with Crippen molar-refractivity contribution in [3.8, 4) is 0 Å². The lowest BCUT2D eigenvalue weighted by molar-refractivity contribution is 0.0925. The lowest BCUT2D eigenvalue weighted by Crippen LogP contribution is -2.48. The van der Waals surface area contributed by atoms with Crippen LogP contribution in [0.5, 0.6) is 0 Å². The number of carbonyl (C=O) groups is 2. The first-order valence-corrected chi connectivity index (χ1v) is 9.63. The molecule has 0 spiro atoms. The van der Waals surface area contributed by atoms with Crippen LogP contribution in [0.15, 0.2) is 41.1 Å². The Hall–Kier alpha value is -1.89. The van der Waals surface area contributed by atoms with Crippen LogP contribution in [-0.4, -0.2) is 29.9 Å². The Labute approximate surface area is 163 Å². The van der Waals surface area contributed by atoms with Gasteiger partial charge in [-0.15, -0.1) is 12.4 Å². The van der Waals surface area contributed by atoms with Crippen LogP contribution in [0.3, 0.4) is 0 Å². The standard InChI is InChI=1S/C19H21N3O2S.ClH/c23-18(12-7-8-25-11-12)22-17-4-2-1-3-16(17)19(24)21-15-9-13-5-6-14(10-15)20-13;/h1-4,7-8,11,13-15,20H,5-6,9-10H2,(H,21,24)(H,22,23);1H. The van der Waals surface area contributed by atoms with E-state index in [1.165, 1.54) is 24.2 Å². The topological polar surface area (TPSA) is 70.2 Å². The summed E-state index contributed by atoms with van der Waals surface area (Å²) in [5.41, 5.74) is 1.67. The number of rotatable bonds is 4. The van der Waals surface area contributed by atoms with E-state index < -0.39 is 0 Å². The monoisotopic (exact) mass is 391 g/mol. The number of anilines is 1. The largest absolute Gasteiger partial charge is 0.349 e. The second-order valence-electron chi connectivity index (χ2n) is 6.79. The third-order valence-electron chi connectivity index (χ3n) is 5.01. The molecule has 138 valence electrons. The summed E-state index contributed by atoms with van der Waals surface area (Å²) < 4.78 is 0. The van der Waals surface area contributed by atoms with Crippen molar-refractivity contribution in [2.24, 2.45) is 0 Å². The second-order valence-corrected chi connectivity index (χ2v) is 7.57. The number of hydrogen-bond donors (Lipinski definition) is 3. The number of halogens is 1. The molecule has 1 aromatic heterocycles. The maximum Gasteiger partial charge on any atom is 0.256 e. The molecule has 4 rings (SSSR count). The molecule has 7 heteroatoms. The SMILES string of the molecule is Cl.O=C(Nc1ccccc1C(=O)NC1CC2CCC(C1)N2)c1ccsc1. The lowest BCUT2D eigenvalue weighted by Gasteiger charge is -2.29. The van der Waals surface area contributed by atoms with Gasteiger partial charge in [-0.25, -0.2) is 0 Å². The summed E-state index contributed by atoms with van der Waals surface area (Å²) >= 11 is 1.47. The van der Waals surface area contributed by atoms with Gasteiger partial charge in [0.05, 0.1) is 16.8 Å². The molecule has 0 aliphatic carbocycles. The smallest absolute Gasteiger partial charge is 0.256 e. The number of piperidine rings is 1. The van der Waals surface area contributed by atoms with Crippen molar-refractivity contribution in [1.82, 2.24) is 10.6 Å². The van der Waals surface area contributed by atoms with Crippen molar-refractivity contribution >= 4 is 41.2 Å². The third-order valence-corrected chi connectivity index (χ3v) is 5.69. The van der Waals surface area contributed by atoms with Gasteiger partial charge in [-0.3, -0.25) is 9.59 Å². The van der Waals surface area contributed by atoms with E-state index in [1.54, 1.807) is 23.6 Å². The van der Waals surface area contributed by atoms with Gasteiger partial charge in [0.1, 0.15) is 0 Å². The summed E-state index contributed by atoms with van der Waals surface area (Å²) in [5.74, 6) is -0.311. The average Bonchev–Trinajstić information content (AvgIpc) is 3.25. The van der Waals surface area contributed by atoms with Crippen LogP contribution in [0.2, 0.25) is 0 Å². The summed E-state index contributed by atoms with van der Waals surface area (Å²) in [6, 6.07) is 10.2. The number of benzene rings is 1. The van der Waals surface area contributed by atoms with Gasteiger partial charge in [0.25, 0.3) is 11.8 Å². The van der Waals surface area contributed by atoms with E-state index in [9.17, 15) is 9.59 Å². The maximum atomic E-state index is 12.8. The van der Waals surface area contributed by atoms with Crippen LogP contribution in [0.1, 0.15) is 46.4 Å². The number of thiophene rings is 1. The van der Waals surface area contributed by atoms with E-state index in [4.69, 9.17) is 0 Å². The highest BCUT2D eigenvalue weighted by Gasteiger charge is 2.34.